The predicted molar refractivity (Wildman–Crippen MR) is 116 cm³/mol. The number of pyridine rings is 1. The van der Waals surface area contributed by atoms with Crippen LogP contribution in [0.3, 0.4) is 0 Å². The van der Waals surface area contributed by atoms with Crippen LogP contribution in [0, 0.1) is 0 Å². The summed E-state index contributed by atoms with van der Waals surface area (Å²) < 4.78 is 18.4. The minimum Gasteiger partial charge on any atom is -0.494 e. The van der Waals surface area contributed by atoms with Crippen LogP contribution < -0.4 is 19.5 Å². The topological polar surface area (TPSA) is 134 Å². The van der Waals surface area contributed by atoms with E-state index in [4.69, 9.17) is 19.3 Å². The summed E-state index contributed by atoms with van der Waals surface area (Å²) in [5.41, 5.74) is 1.62. The highest BCUT2D eigenvalue weighted by Crippen LogP contribution is 2.37. The second-order valence-corrected chi connectivity index (χ2v) is 6.41. The monoisotopic (exact) mass is 436 g/mol. The lowest BCUT2D eigenvalue weighted by Crippen LogP contribution is -2.09. The molecular formula is C21H20N6O5. The first kappa shape index (κ1) is 20.8. The van der Waals surface area contributed by atoms with Gasteiger partial charge in [0.25, 0.3) is 0 Å². The minimum absolute atomic E-state index is 0.0456. The van der Waals surface area contributed by atoms with E-state index in [0.717, 1.165) is 0 Å². The van der Waals surface area contributed by atoms with Gasteiger partial charge in [-0.1, -0.05) is 12.1 Å². The Bertz CT molecular complexity index is 1270. The zero-order valence-corrected chi connectivity index (χ0v) is 17.6. The fraction of sp³-hybridized carbons (Fsp3) is 0.190. The molecule has 1 aromatic carbocycles. The Morgan fingerprint density at radius 3 is 2.44 bits per heavy atom. The van der Waals surface area contributed by atoms with Crippen molar-refractivity contribution in [2.45, 2.75) is 6.92 Å². The summed E-state index contributed by atoms with van der Waals surface area (Å²) in [4.78, 5) is 28.9. The molecule has 4 rings (SSSR count). The molecule has 11 nitrogen and oxygen atoms in total. The van der Waals surface area contributed by atoms with E-state index in [-0.39, 0.29) is 11.5 Å². The highest BCUT2D eigenvalue weighted by atomic mass is 16.5. The molecule has 32 heavy (non-hydrogen) atoms. The van der Waals surface area contributed by atoms with E-state index in [1.807, 2.05) is 6.92 Å². The zero-order chi connectivity index (χ0) is 22.7. The third-order valence-corrected chi connectivity index (χ3v) is 4.48. The molecule has 0 saturated carbocycles. The number of nitrogens with one attached hydrogen (secondary N) is 1. The first-order chi connectivity index (χ1) is 15.5. The number of hydrogen-bond donors (Lipinski definition) is 2. The number of nitrogens with zero attached hydrogens (tertiary/aromatic N) is 5. The van der Waals surface area contributed by atoms with E-state index in [1.165, 1.54) is 6.20 Å². The first-order valence-corrected chi connectivity index (χ1v) is 9.62. The van der Waals surface area contributed by atoms with Gasteiger partial charge in [-0.15, -0.1) is 0 Å². The van der Waals surface area contributed by atoms with E-state index in [0.29, 0.717) is 46.8 Å². The molecule has 0 spiro atoms. The normalized spacial score (nSPS) is 10.7. The molecule has 3 heterocycles. The fourth-order valence-electron chi connectivity index (χ4n) is 3.23. The second kappa shape index (κ2) is 8.76. The van der Waals surface area contributed by atoms with Gasteiger partial charge in [0.2, 0.25) is 5.88 Å². The molecule has 4 aromatic rings. The summed E-state index contributed by atoms with van der Waals surface area (Å²) in [5, 5.41) is 11.2. The van der Waals surface area contributed by atoms with Gasteiger partial charge in [-0.25, -0.2) is 24.7 Å². The molecule has 0 atom stereocenters. The third-order valence-electron chi connectivity index (χ3n) is 4.48. The molecule has 0 unspecified atom stereocenters. The van der Waals surface area contributed by atoms with Crippen LogP contribution in [0.25, 0.3) is 28.5 Å². The van der Waals surface area contributed by atoms with E-state index >= 15 is 0 Å². The quantitative estimate of drug-likeness (QED) is 0.447. The number of imidazole rings is 1. The molecule has 11 heteroatoms. The van der Waals surface area contributed by atoms with Crippen LogP contribution >= 0.6 is 0 Å². The summed E-state index contributed by atoms with van der Waals surface area (Å²) in [5.74, 6) is 1.91. The minimum atomic E-state index is -1.25. The van der Waals surface area contributed by atoms with Crippen LogP contribution in [0.5, 0.6) is 17.4 Å². The number of aromatic nitrogens is 5. The van der Waals surface area contributed by atoms with Crippen molar-refractivity contribution < 1.29 is 24.1 Å². The average molecular weight is 436 g/mol. The van der Waals surface area contributed by atoms with E-state index in [1.54, 1.807) is 55.2 Å². The Morgan fingerprint density at radius 1 is 1.06 bits per heavy atom. The SMILES string of the molecule is CCOc1cccc(-c2nc3nc(NC(=O)O)cnc3n2-c2c(OC)cccc2OC)n1. The first-order valence-electron chi connectivity index (χ1n) is 9.62. The summed E-state index contributed by atoms with van der Waals surface area (Å²) in [6, 6.07) is 10.7. The average Bonchev–Trinajstić information content (AvgIpc) is 3.16. The molecule has 0 bridgehead atoms. The third kappa shape index (κ3) is 3.83. The number of methoxy groups -OCH3 is 2. The molecular weight excluding hydrogens is 416 g/mol. The Kier molecular flexibility index (Phi) is 5.71. The Labute approximate surface area is 182 Å². The number of ether oxygens (including phenoxy) is 3. The van der Waals surface area contributed by atoms with Gasteiger partial charge in [-0.3, -0.25) is 9.88 Å². The summed E-state index contributed by atoms with van der Waals surface area (Å²) in [6.45, 7) is 2.33. The van der Waals surface area contributed by atoms with Crippen molar-refractivity contribution >= 4 is 23.2 Å². The largest absolute Gasteiger partial charge is 0.494 e. The van der Waals surface area contributed by atoms with Crippen molar-refractivity contribution in [1.82, 2.24) is 24.5 Å². The van der Waals surface area contributed by atoms with Gasteiger partial charge in [-0.2, -0.15) is 0 Å². The van der Waals surface area contributed by atoms with Gasteiger partial charge < -0.3 is 19.3 Å². The smallest absolute Gasteiger partial charge is 0.410 e. The highest BCUT2D eigenvalue weighted by Gasteiger charge is 2.24. The lowest BCUT2D eigenvalue weighted by atomic mass is 10.2. The Hall–Kier alpha value is -4.41. The molecule has 0 fully saturated rings. The Balaban J connectivity index is 2.03. The lowest BCUT2D eigenvalue weighted by Gasteiger charge is -2.16. The molecule has 3 aromatic heterocycles. The molecule has 0 radical (unpaired) electrons. The van der Waals surface area contributed by atoms with Crippen LogP contribution in [0.2, 0.25) is 0 Å². The summed E-state index contributed by atoms with van der Waals surface area (Å²) in [7, 11) is 3.09. The number of carbonyl (C=O) groups is 1. The number of benzene rings is 1. The zero-order valence-electron chi connectivity index (χ0n) is 17.6. The number of para-hydroxylation sites is 1. The molecule has 164 valence electrons. The highest BCUT2D eigenvalue weighted by molar-refractivity contribution is 5.84. The number of rotatable bonds is 7. The van der Waals surface area contributed by atoms with Crippen LogP contribution in [-0.4, -0.2) is 56.5 Å². The summed E-state index contributed by atoms with van der Waals surface area (Å²) >= 11 is 0. The van der Waals surface area contributed by atoms with Gasteiger partial charge >= 0.3 is 6.09 Å². The molecule has 0 saturated heterocycles. The number of carboxylic acid groups (broad SMARTS) is 1. The van der Waals surface area contributed by atoms with Gasteiger partial charge in [-0.05, 0) is 25.1 Å². The van der Waals surface area contributed by atoms with Crippen LogP contribution in [0.4, 0.5) is 10.6 Å². The molecule has 0 aliphatic heterocycles. The number of anilines is 1. The maximum atomic E-state index is 11.0. The maximum absolute atomic E-state index is 11.0. The van der Waals surface area contributed by atoms with Crippen LogP contribution in [0.1, 0.15) is 6.92 Å². The number of hydrogen-bond acceptors (Lipinski definition) is 8. The van der Waals surface area contributed by atoms with Gasteiger partial charge in [0, 0.05) is 6.07 Å². The van der Waals surface area contributed by atoms with Crippen molar-refractivity contribution in [2.24, 2.45) is 0 Å². The second-order valence-electron chi connectivity index (χ2n) is 6.41. The van der Waals surface area contributed by atoms with E-state index in [2.05, 4.69) is 25.3 Å². The van der Waals surface area contributed by atoms with Gasteiger partial charge in [0.1, 0.15) is 22.9 Å². The van der Waals surface area contributed by atoms with Crippen LogP contribution in [0.15, 0.2) is 42.6 Å². The number of fused-ring (bicyclic) bond motifs is 1. The van der Waals surface area contributed by atoms with Crippen molar-refractivity contribution in [2.75, 3.05) is 26.1 Å². The van der Waals surface area contributed by atoms with Crippen molar-refractivity contribution in [3.05, 3.63) is 42.6 Å². The summed E-state index contributed by atoms with van der Waals surface area (Å²) in [6.07, 6.45) is 0.0560. The standard InChI is InChI=1S/C21H20N6O5/c1-4-32-16-10-5-7-12(23-16)19-26-18-20(22-11-15(24-18)25-21(28)29)27(19)17-13(30-2)8-6-9-14(17)31-3/h5-11H,4H2,1-3H3,(H,24,25)(H,28,29). The number of amides is 1. The molecule has 0 aliphatic carbocycles. The van der Waals surface area contributed by atoms with E-state index in [9.17, 15) is 4.79 Å². The maximum Gasteiger partial charge on any atom is 0.410 e. The van der Waals surface area contributed by atoms with Gasteiger partial charge in [0.05, 0.1) is 27.0 Å². The molecule has 2 N–H and O–H groups in total. The van der Waals surface area contributed by atoms with Crippen molar-refractivity contribution in [3.63, 3.8) is 0 Å². The Morgan fingerprint density at radius 2 is 1.78 bits per heavy atom. The van der Waals surface area contributed by atoms with Crippen LogP contribution in [-0.2, 0) is 0 Å². The van der Waals surface area contributed by atoms with Crippen molar-refractivity contribution in [1.29, 1.82) is 0 Å². The fourth-order valence-corrected chi connectivity index (χ4v) is 3.23. The predicted octanol–water partition coefficient (Wildman–Crippen LogP) is 3.38. The van der Waals surface area contributed by atoms with Gasteiger partial charge in [0.15, 0.2) is 22.9 Å². The molecule has 1 amide bonds. The van der Waals surface area contributed by atoms with E-state index < -0.39 is 6.09 Å². The lowest BCUT2D eigenvalue weighted by molar-refractivity contribution is 0.209. The molecule has 0 aliphatic rings. The van der Waals surface area contributed by atoms with Crippen molar-refractivity contribution in [3.8, 4) is 34.6 Å².